The average Bonchev–Trinajstić information content (AvgIpc) is 3.35. The number of benzene rings is 1. The minimum atomic E-state index is -3.85. The van der Waals surface area contributed by atoms with Crippen molar-refractivity contribution in [2.45, 2.75) is 25.7 Å². The monoisotopic (exact) mass is 431 g/mol. The first kappa shape index (κ1) is 19.2. The number of aromatic nitrogens is 3. The van der Waals surface area contributed by atoms with E-state index in [1.807, 2.05) is 16.7 Å². The maximum Gasteiger partial charge on any atom is 0.275 e. The average molecular weight is 431 g/mol. The summed E-state index contributed by atoms with van der Waals surface area (Å²) in [4.78, 5) is 17.5. The molecule has 4 aromatic rings. The van der Waals surface area contributed by atoms with Gasteiger partial charge in [-0.25, -0.2) is 18.1 Å². The smallest absolute Gasteiger partial charge is 0.275 e. The summed E-state index contributed by atoms with van der Waals surface area (Å²) >= 11 is 1.45. The van der Waals surface area contributed by atoms with E-state index >= 15 is 0 Å². The van der Waals surface area contributed by atoms with Crippen LogP contribution < -0.4 is 10.0 Å². The number of carbonyl (C=O) groups is 1. The van der Waals surface area contributed by atoms with E-state index in [0.29, 0.717) is 16.9 Å². The molecule has 0 spiro atoms. The second-order valence-corrected chi connectivity index (χ2v) is 8.98. The van der Waals surface area contributed by atoms with Gasteiger partial charge in [-0.1, -0.05) is 5.16 Å². The number of fused-ring (bicyclic) bond motifs is 1. The molecule has 29 heavy (non-hydrogen) atoms. The van der Waals surface area contributed by atoms with Crippen LogP contribution in [0.4, 0.5) is 11.6 Å². The van der Waals surface area contributed by atoms with Crippen molar-refractivity contribution >= 4 is 43.8 Å². The van der Waals surface area contributed by atoms with Gasteiger partial charge in [-0.2, -0.15) is 0 Å². The Bertz CT molecular complexity index is 1320. The van der Waals surface area contributed by atoms with Gasteiger partial charge in [0, 0.05) is 28.5 Å². The zero-order valence-electron chi connectivity index (χ0n) is 15.8. The summed E-state index contributed by atoms with van der Waals surface area (Å²) in [6.07, 6.45) is 1.67. The Hall–Kier alpha value is -3.18. The topological polar surface area (TPSA) is 119 Å². The van der Waals surface area contributed by atoms with E-state index in [1.165, 1.54) is 35.6 Å². The van der Waals surface area contributed by atoms with Gasteiger partial charge < -0.3 is 9.84 Å². The molecule has 0 bridgehead atoms. The zero-order valence-corrected chi connectivity index (χ0v) is 17.4. The van der Waals surface area contributed by atoms with Gasteiger partial charge in [-0.15, -0.1) is 11.3 Å². The molecule has 0 saturated heterocycles. The summed E-state index contributed by atoms with van der Waals surface area (Å²) in [5.74, 6) is -0.295. The van der Waals surface area contributed by atoms with Crippen molar-refractivity contribution in [3.05, 3.63) is 58.5 Å². The number of imidazole rings is 1. The summed E-state index contributed by atoms with van der Waals surface area (Å²) in [6.45, 7) is 5.37. The van der Waals surface area contributed by atoms with Crippen molar-refractivity contribution in [2.75, 3.05) is 10.0 Å². The fourth-order valence-corrected chi connectivity index (χ4v) is 4.50. The molecule has 4 rings (SSSR count). The number of anilines is 2. The molecular formula is C18H17N5O4S2. The standard InChI is InChI=1S/C18H17N5O4S2/c1-10-9-28-18-20-15(8-23(10)18)16(24)19-13-4-6-14(7-5-13)29(25,26)22-17-11(2)12(3)21-27-17/h4-9,22H,1-3H3,(H,19,24). The van der Waals surface area contributed by atoms with Crippen molar-refractivity contribution in [2.24, 2.45) is 0 Å². The van der Waals surface area contributed by atoms with Gasteiger partial charge in [0.2, 0.25) is 5.88 Å². The minimum absolute atomic E-state index is 0.0297. The van der Waals surface area contributed by atoms with Crippen LogP contribution in [-0.4, -0.2) is 28.9 Å². The first-order valence-corrected chi connectivity index (χ1v) is 10.9. The lowest BCUT2D eigenvalue weighted by atomic mass is 10.3. The van der Waals surface area contributed by atoms with E-state index in [9.17, 15) is 13.2 Å². The van der Waals surface area contributed by atoms with Gasteiger partial charge in [-0.3, -0.25) is 9.20 Å². The third kappa shape index (κ3) is 3.61. The number of aryl methyl sites for hydroxylation is 2. The van der Waals surface area contributed by atoms with Crippen LogP contribution in [0.1, 0.15) is 27.4 Å². The highest BCUT2D eigenvalue weighted by Gasteiger charge is 2.19. The molecule has 0 aliphatic carbocycles. The molecule has 2 N–H and O–H groups in total. The molecule has 0 radical (unpaired) electrons. The van der Waals surface area contributed by atoms with Crippen molar-refractivity contribution in [1.82, 2.24) is 14.5 Å². The van der Waals surface area contributed by atoms with Gasteiger partial charge >= 0.3 is 0 Å². The molecule has 0 unspecified atom stereocenters. The van der Waals surface area contributed by atoms with E-state index < -0.39 is 10.0 Å². The van der Waals surface area contributed by atoms with Crippen LogP contribution in [0.5, 0.6) is 0 Å². The van der Waals surface area contributed by atoms with E-state index in [0.717, 1.165) is 10.7 Å². The van der Waals surface area contributed by atoms with Gasteiger partial charge in [-0.05, 0) is 45.0 Å². The fraction of sp³-hybridized carbons (Fsp3) is 0.167. The summed E-state index contributed by atoms with van der Waals surface area (Å²) < 4.78 is 34.3. The molecule has 150 valence electrons. The maximum absolute atomic E-state index is 12.5. The zero-order chi connectivity index (χ0) is 20.8. The predicted molar refractivity (Wildman–Crippen MR) is 109 cm³/mol. The normalized spacial score (nSPS) is 11.7. The molecular weight excluding hydrogens is 414 g/mol. The van der Waals surface area contributed by atoms with Crippen LogP contribution in [-0.2, 0) is 10.0 Å². The van der Waals surface area contributed by atoms with Gasteiger partial charge in [0.05, 0.1) is 10.6 Å². The SMILES string of the molecule is Cc1noc(NS(=O)(=O)c2ccc(NC(=O)c3cn4c(C)csc4n3)cc2)c1C. The Morgan fingerprint density at radius 3 is 2.52 bits per heavy atom. The molecule has 0 saturated carbocycles. The molecule has 3 heterocycles. The molecule has 0 aliphatic rings. The second-order valence-electron chi connectivity index (χ2n) is 6.46. The number of carbonyl (C=O) groups excluding carboxylic acids is 1. The lowest BCUT2D eigenvalue weighted by Crippen LogP contribution is -2.14. The maximum atomic E-state index is 12.5. The van der Waals surface area contributed by atoms with Crippen LogP contribution in [0.2, 0.25) is 0 Å². The molecule has 1 aromatic carbocycles. The molecule has 0 atom stereocenters. The molecule has 9 nitrogen and oxygen atoms in total. The number of nitrogens with one attached hydrogen (secondary N) is 2. The number of amides is 1. The van der Waals surface area contributed by atoms with Crippen molar-refractivity contribution in [1.29, 1.82) is 0 Å². The molecule has 0 aliphatic heterocycles. The Balaban J connectivity index is 1.49. The first-order chi connectivity index (χ1) is 13.7. The summed E-state index contributed by atoms with van der Waals surface area (Å²) in [6, 6.07) is 5.81. The second kappa shape index (κ2) is 7.01. The van der Waals surface area contributed by atoms with E-state index in [4.69, 9.17) is 4.52 Å². The molecule has 3 aromatic heterocycles. The number of nitrogens with zero attached hydrogens (tertiary/aromatic N) is 3. The van der Waals surface area contributed by atoms with Crippen molar-refractivity contribution in [3.63, 3.8) is 0 Å². The Morgan fingerprint density at radius 1 is 1.17 bits per heavy atom. The molecule has 1 amide bonds. The highest BCUT2D eigenvalue weighted by Crippen LogP contribution is 2.23. The van der Waals surface area contributed by atoms with E-state index in [1.54, 1.807) is 20.0 Å². The lowest BCUT2D eigenvalue weighted by Gasteiger charge is -2.07. The third-order valence-electron chi connectivity index (χ3n) is 4.43. The molecule has 0 fully saturated rings. The summed E-state index contributed by atoms with van der Waals surface area (Å²) in [7, 11) is -3.85. The van der Waals surface area contributed by atoms with Crippen molar-refractivity contribution < 1.29 is 17.7 Å². The lowest BCUT2D eigenvalue weighted by molar-refractivity contribution is 0.102. The number of thiazole rings is 1. The summed E-state index contributed by atoms with van der Waals surface area (Å²) in [5.41, 5.74) is 2.96. The third-order valence-corrected chi connectivity index (χ3v) is 6.73. The van der Waals surface area contributed by atoms with Crippen LogP contribution in [0.15, 0.2) is 45.3 Å². The van der Waals surface area contributed by atoms with Gasteiger partial charge in [0.25, 0.3) is 15.9 Å². The van der Waals surface area contributed by atoms with Crippen LogP contribution >= 0.6 is 11.3 Å². The van der Waals surface area contributed by atoms with Crippen molar-refractivity contribution in [3.8, 4) is 0 Å². The molecule has 11 heteroatoms. The highest BCUT2D eigenvalue weighted by molar-refractivity contribution is 7.92. The Morgan fingerprint density at radius 2 is 1.90 bits per heavy atom. The Labute approximate surface area is 170 Å². The quantitative estimate of drug-likeness (QED) is 0.500. The highest BCUT2D eigenvalue weighted by atomic mass is 32.2. The largest absolute Gasteiger partial charge is 0.337 e. The van der Waals surface area contributed by atoms with Crippen LogP contribution in [0, 0.1) is 20.8 Å². The number of rotatable bonds is 5. The number of hydrogen-bond donors (Lipinski definition) is 2. The van der Waals surface area contributed by atoms with Crippen LogP contribution in [0.25, 0.3) is 4.96 Å². The van der Waals surface area contributed by atoms with E-state index in [2.05, 4.69) is 20.2 Å². The van der Waals surface area contributed by atoms with E-state index in [-0.39, 0.29) is 22.4 Å². The van der Waals surface area contributed by atoms with Gasteiger partial charge in [0.15, 0.2) is 4.96 Å². The first-order valence-electron chi connectivity index (χ1n) is 8.55. The predicted octanol–water partition coefficient (Wildman–Crippen LogP) is 3.36. The van der Waals surface area contributed by atoms with Gasteiger partial charge in [0.1, 0.15) is 5.69 Å². The fourth-order valence-electron chi connectivity index (χ4n) is 2.61. The Kier molecular flexibility index (Phi) is 4.63. The minimum Gasteiger partial charge on any atom is -0.337 e. The summed E-state index contributed by atoms with van der Waals surface area (Å²) in [5, 5.41) is 8.40. The number of hydrogen-bond acceptors (Lipinski definition) is 7. The number of sulfonamides is 1. The van der Waals surface area contributed by atoms with Crippen LogP contribution in [0.3, 0.4) is 0 Å².